The molecule has 29 heavy (non-hydrogen) atoms. The molecule has 150 valence electrons. The van der Waals surface area contributed by atoms with Crippen molar-refractivity contribution in [1.29, 1.82) is 0 Å². The van der Waals surface area contributed by atoms with E-state index in [4.69, 9.17) is 4.98 Å². The molecule has 0 bridgehead atoms. The highest BCUT2D eigenvalue weighted by atomic mass is 19.1. The van der Waals surface area contributed by atoms with Crippen molar-refractivity contribution in [2.24, 2.45) is 0 Å². The number of halogens is 1. The number of anilines is 1. The first-order valence-electron chi connectivity index (χ1n) is 9.95. The summed E-state index contributed by atoms with van der Waals surface area (Å²) in [6, 6.07) is 6.24. The van der Waals surface area contributed by atoms with E-state index in [1.165, 1.54) is 0 Å². The van der Waals surface area contributed by atoms with Gasteiger partial charge in [-0.25, -0.2) is 23.9 Å². The van der Waals surface area contributed by atoms with Gasteiger partial charge < -0.3 is 15.2 Å². The quantitative estimate of drug-likeness (QED) is 0.541. The minimum Gasteiger partial charge on any atom is -0.350 e. The molecular formula is C20H23FN8. The Hall–Kier alpha value is -3.07. The predicted octanol–water partition coefficient (Wildman–Crippen LogP) is 2.58. The van der Waals surface area contributed by atoms with Crippen LogP contribution >= 0.6 is 0 Å². The summed E-state index contributed by atoms with van der Waals surface area (Å²) in [7, 11) is 0. The lowest BCUT2D eigenvalue weighted by atomic mass is 10.1. The molecule has 0 aromatic carbocycles. The Bertz CT molecular complexity index is 1160. The average molecular weight is 394 g/mol. The van der Waals surface area contributed by atoms with Gasteiger partial charge in [0.15, 0.2) is 5.65 Å². The summed E-state index contributed by atoms with van der Waals surface area (Å²) in [5.41, 5.74) is 4.07. The van der Waals surface area contributed by atoms with Gasteiger partial charge >= 0.3 is 0 Å². The number of nitrogens with one attached hydrogen (secondary N) is 2. The third-order valence-corrected chi connectivity index (χ3v) is 5.46. The normalized spacial score (nSPS) is 15.4. The summed E-state index contributed by atoms with van der Waals surface area (Å²) in [4.78, 5) is 13.8. The first kappa shape index (κ1) is 18.0. The highest BCUT2D eigenvalue weighted by Gasteiger charge is 2.16. The van der Waals surface area contributed by atoms with E-state index in [1.54, 1.807) is 0 Å². The van der Waals surface area contributed by atoms with Gasteiger partial charge in [-0.05, 0) is 51.1 Å². The third kappa shape index (κ3) is 3.31. The molecule has 4 aromatic rings. The molecule has 0 saturated carbocycles. The molecule has 0 radical (unpaired) electrons. The van der Waals surface area contributed by atoms with E-state index in [0.717, 1.165) is 54.0 Å². The predicted molar refractivity (Wildman–Crippen MR) is 110 cm³/mol. The van der Waals surface area contributed by atoms with E-state index in [9.17, 15) is 4.39 Å². The van der Waals surface area contributed by atoms with Crippen molar-refractivity contribution in [3.63, 3.8) is 0 Å². The molecule has 0 amide bonds. The lowest BCUT2D eigenvalue weighted by Gasteiger charge is -2.23. The molecule has 9 heteroatoms. The van der Waals surface area contributed by atoms with E-state index in [0.29, 0.717) is 17.6 Å². The fourth-order valence-corrected chi connectivity index (χ4v) is 3.95. The number of alkyl halides is 1. The van der Waals surface area contributed by atoms with Crippen LogP contribution in [0, 0.1) is 6.92 Å². The summed E-state index contributed by atoms with van der Waals surface area (Å²) >= 11 is 0. The van der Waals surface area contributed by atoms with Crippen molar-refractivity contribution < 1.29 is 4.39 Å². The number of pyridine rings is 1. The zero-order valence-corrected chi connectivity index (χ0v) is 16.3. The third-order valence-electron chi connectivity index (χ3n) is 5.46. The molecule has 2 N–H and O–H groups in total. The van der Waals surface area contributed by atoms with Crippen molar-refractivity contribution in [3.05, 3.63) is 36.4 Å². The zero-order chi connectivity index (χ0) is 19.8. The van der Waals surface area contributed by atoms with Gasteiger partial charge in [0, 0.05) is 17.8 Å². The van der Waals surface area contributed by atoms with Gasteiger partial charge in [-0.2, -0.15) is 0 Å². The lowest BCUT2D eigenvalue weighted by Crippen LogP contribution is -2.35. The number of aryl methyl sites for hydroxylation is 2. The monoisotopic (exact) mass is 394 g/mol. The minimum absolute atomic E-state index is 0.254. The molecule has 5 heterocycles. The van der Waals surface area contributed by atoms with Crippen LogP contribution in [0.2, 0.25) is 0 Å². The molecular weight excluding hydrogens is 371 g/mol. The first-order valence-corrected chi connectivity index (χ1v) is 9.95. The van der Waals surface area contributed by atoms with Gasteiger partial charge in [-0.1, -0.05) is 0 Å². The molecule has 0 atom stereocenters. The molecule has 4 aromatic heterocycles. The lowest BCUT2D eigenvalue weighted by molar-refractivity contribution is 0.445. The average Bonchev–Trinajstić information content (AvgIpc) is 3.29. The SMILES string of the molecule is Cc1nc2ccc(-c3ccn4nc(NC5CCNCC5)ncc34)nc2n1CCF. The second kappa shape index (κ2) is 7.40. The molecule has 5 rings (SSSR count). The van der Waals surface area contributed by atoms with Crippen LogP contribution in [0.3, 0.4) is 0 Å². The summed E-state index contributed by atoms with van der Waals surface area (Å²) in [5.74, 6) is 1.40. The van der Waals surface area contributed by atoms with Gasteiger partial charge in [0.25, 0.3) is 0 Å². The van der Waals surface area contributed by atoms with Crippen LogP contribution in [0.1, 0.15) is 18.7 Å². The Morgan fingerprint density at radius 2 is 2.07 bits per heavy atom. The van der Waals surface area contributed by atoms with Crippen LogP contribution in [0.5, 0.6) is 0 Å². The number of aromatic nitrogens is 6. The van der Waals surface area contributed by atoms with Gasteiger partial charge in [-0.3, -0.25) is 0 Å². The van der Waals surface area contributed by atoms with Crippen LogP contribution in [-0.4, -0.2) is 54.9 Å². The molecule has 0 spiro atoms. The maximum atomic E-state index is 12.9. The van der Waals surface area contributed by atoms with Crippen molar-refractivity contribution in [3.8, 4) is 11.3 Å². The van der Waals surface area contributed by atoms with Gasteiger partial charge in [0.2, 0.25) is 5.95 Å². The summed E-state index contributed by atoms with van der Waals surface area (Å²) in [6.07, 6.45) is 5.86. The number of fused-ring (bicyclic) bond motifs is 2. The Kier molecular flexibility index (Phi) is 4.59. The summed E-state index contributed by atoms with van der Waals surface area (Å²) in [5, 5.41) is 11.4. The maximum Gasteiger partial charge on any atom is 0.241 e. The molecule has 8 nitrogen and oxygen atoms in total. The van der Waals surface area contributed by atoms with Crippen LogP contribution in [-0.2, 0) is 6.54 Å². The van der Waals surface area contributed by atoms with Crippen molar-refractivity contribution in [1.82, 2.24) is 34.4 Å². The molecule has 0 unspecified atom stereocenters. The summed E-state index contributed by atoms with van der Waals surface area (Å²) in [6.45, 7) is 3.70. The second-order valence-electron chi connectivity index (χ2n) is 7.35. The fraction of sp³-hybridized carbons (Fsp3) is 0.400. The van der Waals surface area contributed by atoms with Crippen molar-refractivity contribution in [2.75, 3.05) is 25.1 Å². The number of imidazole rings is 1. The second-order valence-corrected chi connectivity index (χ2v) is 7.35. The van der Waals surface area contributed by atoms with E-state index in [-0.39, 0.29) is 6.54 Å². The number of hydrogen-bond acceptors (Lipinski definition) is 6. The topological polar surface area (TPSA) is 85.0 Å². The Morgan fingerprint density at radius 3 is 2.90 bits per heavy atom. The Balaban J connectivity index is 1.49. The molecule has 1 saturated heterocycles. The van der Waals surface area contributed by atoms with Crippen molar-refractivity contribution in [2.45, 2.75) is 32.4 Å². The Morgan fingerprint density at radius 1 is 1.21 bits per heavy atom. The Labute approximate surface area is 167 Å². The van der Waals surface area contributed by atoms with Gasteiger partial charge in [-0.15, -0.1) is 5.10 Å². The van der Waals surface area contributed by atoms with E-state index in [1.807, 2.05) is 46.6 Å². The molecule has 1 fully saturated rings. The van der Waals surface area contributed by atoms with E-state index in [2.05, 4.69) is 25.7 Å². The standard InChI is InChI=1S/C20H23FN8/c1-13-24-17-3-2-16(26-19(17)28(13)11-7-21)15-6-10-29-18(15)12-23-20(27-29)25-14-4-8-22-9-5-14/h2-3,6,10,12,14,22H,4-5,7-9,11H2,1H3,(H,25,27). The van der Waals surface area contributed by atoms with Gasteiger partial charge in [0.05, 0.1) is 24.0 Å². The minimum atomic E-state index is -0.450. The highest BCUT2D eigenvalue weighted by molar-refractivity contribution is 5.82. The van der Waals surface area contributed by atoms with Crippen LogP contribution < -0.4 is 10.6 Å². The highest BCUT2D eigenvalue weighted by Crippen LogP contribution is 2.26. The summed E-state index contributed by atoms with van der Waals surface area (Å²) < 4.78 is 16.6. The first-order chi connectivity index (χ1) is 14.2. The van der Waals surface area contributed by atoms with Crippen LogP contribution in [0.15, 0.2) is 30.6 Å². The fourth-order valence-electron chi connectivity index (χ4n) is 3.95. The molecule has 1 aliphatic rings. The maximum absolute atomic E-state index is 12.9. The number of hydrogen-bond donors (Lipinski definition) is 2. The van der Waals surface area contributed by atoms with E-state index >= 15 is 0 Å². The van der Waals surface area contributed by atoms with Crippen LogP contribution in [0.4, 0.5) is 10.3 Å². The number of piperidine rings is 1. The van der Waals surface area contributed by atoms with Gasteiger partial charge in [0.1, 0.15) is 18.0 Å². The van der Waals surface area contributed by atoms with Crippen molar-refractivity contribution >= 4 is 22.6 Å². The molecule has 1 aliphatic heterocycles. The smallest absolute Gasteiger partial charge is 0.241 e. The van der Waals surface area contributed by atoms with Crippen LogP contribution in [0.25, 0.3) is 27.9 Å². The number of nitrogens with zero attached hydrogens (tertiary/aromatic N) is 6. The molecule has 0 aliphatic carbocycles. The largest absolute Gasteiger partial charge is 0.350 e. The number of rotatable bonds is 5. The van der Waals surface area contributed by atoms with E-state index < -0.39 is 6.67 Å². The zero-order valence-electron chi connectivity index (χ0n) is 16.3.